The van der Waals surface area contributed by atoms with Crippen LogP contribution in [0, 0.1) is 6.92 Å². The normalized spacial score (nSPS) is 12.2. The van der Waals surface area contributed by atoms with Crippen molar-refractivity contribution in [1.82, 2.24) is 10.2 Å². The molecule has 0 spiro atoms. The van der Waals surface area contributed by atoms with Crippen LogP contribution < -0.4 is 10.1 Å². The SMILES string of the molecule is CCC(C(=O)NC(C)(C)C)N(Cc1ccccc1C)C(=O)CSCc1ccc(OC)cc1. The van der Waals surface area contributed by atoms with Crippen molar-refractivity contribution in [2.75, 3.05) is 12.9 Å². The Bertz CT molecular complexity index is 891. The summed E-state index contributed by atoms with van der Waals surface area (Å²) < 4.78 is 5.20. The van der Waals surface area contributed by atoms with Gasteiger partial charge in [0.1, 0.15) is 11.8 Å². The van der Waals surface area contributed by atoms with Gasteiger partial charge in [-0.1, -0.05) is 43.3 Å². The molecule has 0 saturated heterocycles. The van der Waals surface area contributed by atoms with Crippen LogP contribution in [-0.2, 0) is 21.9 Å². The quantitative estimate of drug-likeness (QED) is 0.549. The van der Waals surface area contributed by atoms with Crippen LogP contribution in [0.25, 0.3) is 0 Å². The Morgan fingerprint density at radius 2 is 1.75 bits per heavy atom. The van der Waals surface area contributed by atoms with Gasteiger partial charge in [-0.3, -0.25) is 9.59 Å². The van der Waals surface area contributed by atoms with Crippen molar-refractivity contribution in [3.05, 3.63) is 65.2 Å². The van der Waals surface area contributed by atoms with E-state index in [0.717, 1.165) is 28.2 Å². The summed E-state index contributed by atoms with van der Waals surface area (Å²) in [4.78, 5) is 28.1. The van der Waals surface area contributed by atoms with E-state index < -0.39 is 6.04 Å². The van der Waals surface area contributed by atoms with E-state index in [1.54, 1.807) is 23.8 Å². The number of thioether (sulfide) groups is 1. The summed E-state index contributed by atoms with van der Waals surface area (Å²) in [6, 6.07) is 15.4. The van der Waals surface area contributed by atoms with Gasteiger partial charge >= 0.3 is 0 Å². The molecule has 2 aromatic rings. The molecule has 1 N–H and O–H groups in total. The van der Waals surface area contributed by atoms with Crippen LogP contribution in [0.3, 0.4) is 0 Å². The van der Waals surface area contributed by atoms with Crippen LogP contribution in [0.2, 0.25) is 0 Å². The second-order valence-corrected chi connectivity index (χ2v) is 9.94. The highest BCUT2D eigenvalue weighted by molar-refractivity contribution is 7.99. The average molecular weight is 457 g/mol. The summed E-state index contributed by atoms with van der Waals surface area (Å²) in [5.74, 6) is 1.72. The first-order valence-corrected chi connectivity index (χ1v) is 12.2. The number of methoxy groups -OCH3 is 1. The van der Waals surface area contributed by atoms with Gasteiger partial charge < -0.3 is 15.0 Å². The lowest BCUT2D eigenvalue weighted by Crippen LogP contribution is -2.53. The molecule has 0 heterocycles. The third-order valence-electron chi connectivity index (χ3n) is 5.14. The highest BCUT2D eigenvalue weighted by atomic mass is 32.2. The average Bonchev–Trinajstić information content (AvgIpc) is 2.74. The number of amides is 2. The molecule has 0 fully saturated rings. The molecule has 1 atom stereocenters. The summed E-state index contributed by atoms with van der Waals surface area (Å²) in [6.45, 7) is 10.3. The van der Waals surface area contributed by atoms with Crippen LogP contribution in [0.5, 0.6) is 5.75 Å². The number of hydrogen-bond donors (Lipinski definition) is 1. The van der Waals surface area contributed by atoms with Crippen LogP contribution in [-0.4, -0.2) is 41.2 Å². The minimum absolute atomic E-state index is 0.0253. The van der Waals surface area contributed by atoms with E-state index >= 15 is 0 Å². The highest BCUT2D eigenvalue weighted by Gasteiger charge is 2.30. The molecule has 0 aliphatic carbocycles. The van der Waals surface area contributed by atoms with Gasteiger partial charge in [-0.2, -0.15) is 0 Å². The van der Waals surface area contributed by atoms with Crippen molar-refractivity contribution >= 4 is 23.6 Å². The summed E-state index contributed by atoms with van der Waals surface area (Å²) in [6.07, 6.45) is 0.558. The molecule has 1 unspecified atom stereocenters. The third kappa shape index (κ3) is 7.90. The monoisotopic (exact) mass is 456 g/mol. The second kappa shape index (κ2) is 12.0. The highest BCUT2D eigenvalue weighted by Crippen LogP contribution is 2.20. The van der Waals surface area contributed by atoms with E-state index in [1.165, 1.54) is 0 Å². The second-order valence-electron chi connectivity index (χ2n) is 8.95. The van der Waals surface area contributed by atoms with Crippen LogP contribution in [0.15, 0.2) is 48.5 Å². The molecule has 2 aromatic carbocycles. The standard InChI is InChI=1S/C26H36N2O3S/c1-7-23(25(30)27-26(3,4)5)28(16-21-11-9-8-10-19(21)2)24(29)18-32-17-20-12-14-22(31-6)15-13-20/h8-15,23H,7,16-18H2,1-6H3,(H,27,30). The van der Waals surface area contributed by atoms with E-state index in [2.05, 4.69) is 5.32 Å². The molecular formula is C26H36N2O3S. The van der Waals surface area contributed by atoms with E-state index in [1.807, 2.05) is 83.1 Å². The maximum atomic E-state index is 13.3. The molecule has 0 radical (unpaired) electrons. The zero-order valence-electron chi connectivity index (χ0n) is 20.1. The van der Waals surface area contributed by atoms with Crippen molar-refractivity contribution in [1.29, 1.82) is 0 Å². The number of aryl methyl sites for hydroxylation is 1. The Hall–Kier alpha value is -2.47. The predicted octanol–water partition coefficient (Wildman–Crippen LogP) is 4.96. The maximum Gasteiger partial charge on any atom is 0.243 e. The molecule has 5 nitrogen and oxygen atoms in total. The number of nitrogens with one attached hydrogen (secondary N) is 1. The molecule has 0 saturated carbocycles. The summed E-state index contributed by atoms with van der Waals surface area (Å²) in [5.41, 5.74) is 2.95. The molecule has 6 heteroatoms. The number of ether oxygens (including phenoxy) is 1. The molecule has 0 aliphatic rings. The Morgan fingerprint density at radius 1 is 1.09 bits per heavy atom. The first-order valence-electron chi connectivity index (χ1n) is 11.0. The molecule has 32 heavy (non-hydrogen) atoms. The van der Waals surface area contributed by atoms with Gasteiger partial charge in [0.05, 0.1) is 12.9 Å². The largest absolute Gasteiger partial charge is 0.497 e. The van der Waals surface area contributed by atoms with Crippen molar-refractivity contribution in [2.45, 2.75) is 64.9 Å². The maximum absolute atomic E-state index is 13.3. The molecular weight excluding hydrogens is 420 g/mol. The van der Waals surface area contributed by atoms with Crippen molar-refractivity contribution in [2.24, 2.45) is 0 Å². The zero-order valence-corrected chi connectivity index (χ0v) is 20.9. The summed E-state index contributed by atoms with van der Waals surface area (Å²) >= 11 is 1.56. The third-order valence-corrected chi connectivity index (χ3v) is 6.13. The lowest BCUT2D eigenvalue weighted by Gasteiger charge is -2.33. The van der Waals surface area contributed by atoms with Gasteiger partial charge in [-0.15, -0.1) is 11.8 Å². The van der Waals surface area contributed by atoms with Crippen LogP contribution in [0.1, 0.15) is 50.8 Å². The molecule has 174 valence electrons. The van der Waals surface area contributed by atoms with E-state index in [0.29, 0.717) is 18.7 Å². The number of carbonyl (C=O) groups is 2. The first-order chi connectivity index (χ1) is 15.1. The molecule has 2 rings (SSSR count). The Morgan fingerprint density at radius 3 is 2.31 bits per heavy atom. The van der Waals surface area contributed by atoms with Crippen molar-refractivity contribution < 1.29 is 14.3 Å². The van der Waals surface area contributed by atoms with E-state index in [-0.39, 0.29) is 17.4 Å². The van der Waals surface area contributed by atoms with Gasteiger partial charge in [0, 0.05) is 17.8 Å². The molecule has 0 aromatic heterocycles. The molecule has 2 amide bonds. The first kappa shape index (κ1) is 25.8. The Balaban J connectivity index is 2.15. The zero-order chi connectivity index (χ0) is 23.7. The van der Waals surface area contributed by atoms with Gasteiger partial charge in [-0.25, -0.2) is 0 Å². The van der Waals surface area contributed by atoms with Gasteiger partial charge in [0.25, 0.3) is 0 Å². The smallest absolute Gasteiger partial charge is 0.243 e. The number of benzene rings is 2. The minimum atomic E-state index is -0.511. The van der Waals surface area contributed by atoms with Gasteiger partial charge in [0.15, 0.2) is 0 Å². The lowest BCUT2D eigenvalue weighted by molar-refractivity contribution is -0.140. The fraction of sp³-hybridized carbons (Fsp3) is 0.462. The van der Waals surface area contributed by atoms with Crippen LogP contribution >= 0.6 is 11.8 Å². The van der Waals surface area contributed by atoms with Crippen molar-refractivity contribution in [3.63, 3.8) is 0 Å². The fourth-order valence-corrected chi connectivity index (χ4v) is 4.27. The van der Waals surface area contributed by atoms with E-state index in [4.69, 9.17) is 4.74 Å². The summed E-state index contributed by atoms with van der Waals surface area (Å²) in [5, 5.41) is 3.05. The van der Waals surface area contributed by atoms with Crippen LogP contribution in [0.4, 0.5) is 0 Å². The Kier molecular flexibility index (Phi) is 9.63. The van der Waals surface area contributed by atoms with E-state index in [9.17, 15) is 9.59 Å². The number of rotatable bonds is 10. The van der Waals surface area contributed by atoms with Crippen molar-refractivity contribution in [3.8, 4) is 5.75 Å². The van der Waals surface area contributed by atoms with Gasteiger partial charge in [0.2, 0.25) is 11.8 Å². The van der Waals surface area contributed by atoms with Gasteiger partial charge in [-0.05, 0) is 62.9 Å². The minimum Gasteiger partial charge on any atom is -0.497 e. The number of hydrogen-bond acceptors (Lipinski definition) is 4. The molecule has 0 bridgehead atoms. The molecule has 0 aliphatic heterocycles. The predicted molar refractivity (Wildman–Crippen MR) is 133 cm³/mol. The topological polar surface area (TPSA) is 58.6 Å². The number of carbonyl (C=O) groups excluding carboxylic acids is 2. The lowest BCUT2D eigenvalue weighted by atomic mass is 10.0. The summed E-state index contributed by atoms with van der Waals surface area (Å²) in [7, 11) is 1.64. The number of nitrogens with zero attached hydrogens (tertiary/aromatic N) is 1. The fourth-order valence-electron chi connectivity index (χ4n) is 3.40. The Labute approximate surface area is 196 Å².